The zero-order valence-electron chi connectivity index (χ0n) is 15.8. The maximum atomic E-state index is 12.7. The molecule has 5 heteroatoms. The molecule has 1 saturated heterocycles. The third-order valence-corrected chi connectivity index (χ3v) is 5.45. The number of ether oxygens (including phenoxy) is 2. The minimum absolute atomic E-state index is 0.167. The molecule has 142 valence electrons. The van der Waals surface area contributed by atoms with Crippen molar-refractivity contribution in [3.8, 4) is 11.5 Å². The van der Waals surface area contributed by atoms with E-state index in [0.717, 1.165) is 62.6 Å². The Morgan fingerprint density at radius 1 is 1.04 bits per heavy atom. The number of likely N-dealkylation sites (tertiary alicyclic amines) is 1. The number of methoxy groups -OCH3 is 1. The number of hydrogen-bond donors (Lipinski definition) is 0. The van der Waals surface area contributed by atoms with Crippen LogP contribution in [0.15, 0.2) is 48.5 Å². The van der Waals surface area contributed by atoms with Gasteiger partial charge in [-0.25, -0.2) is 0 Å². The molecule has 0 aliphatic carbocycles. The van der Waals surface area contributed by atoms with Crippen LogP contribution in [0.5, 0.6) is 11.5 Å². The Hall–Kier alpha value is -2.53. The first-order chi connectivity index (χ1) is 13.2. The van der Waals surface area contributed by atoms with Crippen LogP contribution in [0.1, 0.15) is 22.3 Å². The molecule has 5 nitrogen and oxygen atoms in total. The van der Waals surface area contributed by atoms with Gasteiger partial charge in [-0.2, -0.15) is 0 Å². The average Bonchev–Trinajstić information content (AvgIpc) is 3.15. The van der Waals surface area contributed by atoms with Gasteiger partial charge in [-0.3, -0.25) is 9.69 Å². The van der Waals surface area contributed by atoms with Gasteiger partial charge in [-0.1, -0.05) is 24.3 Å². The van der Waals surface area contributed by atoms with Crippen LogP contribution in [0, 0.1) is 0 Å². The quantitative estimate of drug-likeness (QED) is 0.788. The van der Waals surface area contributed by atoms with Crippen molar-refractivity contribution in [2.24, 2.45) is 0 Å². The molecule has 2 aliphatic rings. The highest BCUT2D eigenvalue weighted by Crippen LogP contribution is 2.23. The molecular formula is C22H26N2O3. The normalized spacial score (nSPS) is 19.8. The van der Waals surface area contributed by atoms with Gasteiger partial charge in [0.1, 0.15) is 17.6 Å². The number of nitrogens with zero attached hydrogens (tertiary/aromatic N) is 2. The Balaban J connectivity index is 1.27. The van der Waals surface area contributed by atoms with Crippen molar-refractivity contribution < 1.29 is 14.3 Å². The molecule has 0 unspecified atom stereocenters. The largest absolute Gasteiger partial charge is 0.497 e. The van der Waals surface area contributed by atoms with Crippen molar-refractivity contribution in [2.75, 3.05) is 39.8 Å². The van der Waals surface area contributed by atoms with Gasteiger partial charge in [0, 0.05) is 44.4 Å². The van der Waals surface area contributed by atoms with Crippen LogP contribution in [0.3, 0.4) is 0 Å². The predicted molar refractivity (Wildman–Crippen MR) is 105 cm³/mol. The SMILES string of the molecule is COc1cccc(O[C@H]2CCN(CCN3CCc4ccccc4C3=O)C2)c1. The summed E-state index contributed by atoms with van der Waals surface area (Å²) in [5.74, 6) is 1.83. The molecule has 1 fully saturated rings. The van der Waals surface area contributed by atoms with E-state index < -0.39 is 0 Å². The molecule has 0 N–H and O–H groups in total. The minimum Gasteiger partial charge on any atom is -0.497 e. The lowest BCUT2D eigenvalue weighted by atomic mass is 9.99. The molecule has 2 aliphatic heterocycles. The molecule has 2 aromatic rings. The fourth-order valence-electron chi connectivity index (χ4n) is 3.91. The Bertz CT molecular complexity index is 808. The third kappa shape index (κ3) is 4.08. The van der Waals surface area contributed by atoms with Gasteiger partial charge in [0.2, 0.25) is 0 Å². The summed E-state index contributed by atoms with van der Waals surface area (Å²) in [6, 6.07) is 15.7. The molecule has 4 rings (SSSR count). The summed E-state index contributed by atoms with van der Waals surface area (Å²) in [5.41, 5.74) is 2.04. The Kier molecular flexibility index (Phi) is 5.30. The molecule has 0 radical (unpaired) electrons. The zero-order chi connectivity index (χ0) is 18.6. The van der Waals surface area contributed by atoms with Crippen LogP contribution in [0.2, 0.25) is 0 Å². The molecule has 27 heavy (non-hydrogen) atoms. The molecule has 1 atom stereocenters. The van der Waals surface area contributed by atoms with Crippen molar-refractivity contribution in [2.45, 2.75) is 18.9 Å². The third-order valence-electron chi connectivity index (χ3n) is 5.45. The molecular weight excluding hydrogens is 340 g/mol. The summed E-state index contributed by atoms with van der Waals surface area (Å²) in [6.07, 6.45) is 2.15. The van der Waals surface area contributed by atoms with Crippen LogP contribution in [0.4, 0.5) is 0 Å². The lowest BCUT2D eigenvalue weighted by Crippen LogP contribution is -2.42. The maximum Gasteiger partial charge on any atom is 0.254 e. The smallest absolute Gasteiger partial charge is 0.254 e. The molecule has 0 saturated carbocycles. The van der Waals surface area contributed by atoms with Crippen molar-refractivity contribution in [3.05, 3.63) is 59.7 Å². The number of carbonyl (C=O) groups is 1. The van der Waals surface area contributed by atoms with E-state index in [1.165, 1.54) is 5.56 Å². The molecule has 0 aromatic heterocycles. The molecule has 1 amide bonds. The number of benzene rings is 2. The fraction of sp³-hybridized carbons (Fsp3) is 0.409. The maximum absolute atomic E-state index is 12.7. The number of amides is 1. The van der Waals surface area contributed by atoms with Crippen LogP contribution in [-0.2, 0) is 6.42 Å². The van der Waals surface area contributed by atoms with Crippen molar-refractivity contribution in [3.63, 3.8) is 0 Å². The first-order valence-corrected chi connectivity index (χ1v) is 9.63. The minimum atomic E-state index is 0.167. The summed E-state index contributed by atoms with van der Waals surface area (Å²) in [7, 11) is 1.66. The summed E-state index contributed by atoms with van der Waals surface area (Å²) in [6.45, 7) is 4.39. The van der Waals surface area contributed by atoms with E-state index in [1.54, 1.807) is 7.11 Å². The van der Waals surface area contributed by atoms with E-state index in [0.29, 0.717) is 0 Å². The van der Waals surface area contributed by atoms with Gasteiger partial charge in [0.05, 0.1) is 7.11 Å². The van der Waals surface area contributed by atoms with Crippen molar-refractivity contribution in [1.29, 1.82) is 0 Å². The Morgan fingerprint density at radius 3 is 2.78 bits per heavy atom. The van der Waals surface area contributed by atoms with E-state index >= 15 is 0 Å². The number of rotatable bonds is 6. The standard InChI is InChI=1S/C22H26N2O3/c1-26-18-6-4-7-19(15-18)27-20-10-11-23(16-20)13-14-24-12-9-17-5-2-3-8-21(17)22(24)25/h2-8,15,20H,9-14,16H2,1H3/t20-/m0/s1. The van der Waals surface area contributed by atoms with E-state index in [4.69, 9.17) is 9.47 Å². The first kappa shape index (κ1) is 17.9. The van der Waals surface area contributed by atoms with E-state index in [-0.39, 0.29) is 12.0 Å². The predicted octanol–water partition coefficient (Wildman–Crippen LogP) is 2.85. The summed E-state index contributed by atoms with van der Waals surface area (Å²) < 4.78 is 11.4. The second-order valence-corrected chi connectivity index (χ2v) is 7.21. The highest BCUT2D eigenvalue weighted by molar-refractivity contribution is 5.96. The topological polar surface area (TPSA) is 42.0 Å². The van der Waals surface area contributed by atoms with Gasteiger partial charge in [0.15, 0.2) is 0 Å². The van der Waals surface area contributed by atoms with E-state index in [9.17, 15) is 4.79 Å². The summed E-state index contributed by atoms with van der Waals surface area (Å²) in [4.78, 5) is 17.0. The molecule has 2 heterocycles. The summed E-state index contributed by atoms with van der Waals surface area (Å²) >= 11 is 0. The Morgan fingerprint density at radius 2 is 1.89 bits per heavy atom. The first-order valence-electron chi connectivity index (χ1n) is 9.63. The second-order valence-electron chi connectivity index (χ2n) is 7.21. The van der Waals surface area contributed by atoms with Gasteiger partial charge in [0.25, 0.3) is 5.91 Å². The van der Waals surface area contributed by atoms with Gasteiger partial charge in [-0.05, 0) is 36.6 Å². The van der Waals surface area contributed by atoms with Gasteiger partial charge < -0.3 is 14.4 Å². The highest BCUT2D eigenvalue weighted by Gasteiger charge is 2.27. The van der Waals surface area contributed by atoms with E-state index in [2.05, 4.69) is 11.0 Å². The highest BCUT2D eigenvalue weighted by atomic mass is 16.5. The number of hydrogen-bond acceptors (Lipinski definition) is 4. The summed E-state index contributed by atoms with van der Waals surface area (Å²) in [5, 5.41) is 0. The van der Waals surface area contributed by atoms with Gasteiger partial charge >= 0.3 is 0 Å². The van der Waals surface area contributed by atoms with Crippen molar-refractivity contribution >= 4 is 5.91 Å². The Labute approximate surface area is 160 Å². The van der Waals surface area contributed by atoms with E-state index in [1.807, 2.05) is 47.4 Å². The second kappa shape index (κ2) is 8.01. The lowest BCUT2D eigenvalue weighted by Gasteiger charge is -2.30. The molecule has 0 bridgehead atoms. The monoisotopic (exact) mass is 366 g/mol. The zero-order valence-corrected chi connectivity index (χ0v) is 15.8. The number of carbonyl (C=O) groups excluding carboxylic acids is 1. The molecule has 2 aromatic carbocycles. The van der Waals surface area contributed by atoms with Crippen LogP contribution < -0.4 is 9.47 Å². The average molecular weight is 366 g/mol. The van der Waals surface area contributed by atoms with Gasteiger partial charge in [-0.15, -0.1) is 0 Å². The number of fused-ring (bicyclic) bond motifs is 1. The van der Waals surface area contributed by atoms with Crippen LogP contribution in [-0.4, -0.2) is 61.6 Å². The van der Waals surface area contributed by atoms with Crippen molar-refractivity contribution in [1.82, 2.24) is 9.80 Å². The lowest BCUT2D eigenvalue weighted by molar-refractivity contribution is 0.0722. The van der Waals surface area contributed by atoms with Crippen LogP contribution in [0.25, 0.3) is 0 Å². The van der Waals surface area contributed by atoms with Crippen LogP contribution >= 0.6 is 0 Å². The fourth-order valence-corrected chi connectivity index (χ4v) is 3.91. The molecule has 0 spiro atoms.